The second kappa shape index (κ2) is 5.64. The molecule has 0 aliphatic rings. The van der Waals surface area contributed by atoms with Crippen molar-refractivity contribution in [1.82, 2.24) is 0 Å². The maximum Gasteiger partial charge on any atom is 0.308 e. The van der Waals surface area contributed by atoms with Gasteiger partial charge in [-0.25, -0.2) is 0 Å². The number of fused-ring (bicyclic) bond motifs is 2. The third kappa shape index (κ3) is 2.48. The smallest absolute Gasteiger partial charge is 0.308 e. The van der Waals surface area contributed by atoms with Crippen LogP contribution in [0.15, 0.2) is 39.5 Å². The Hall–Kier alpha value is -3.02. The van der Waals surface area contributed by atoms with Crippen LogP contribution in [0.2, 0.25) is 0 Å². The van der Waals surface area contributed by atoms with Crippen molar-refractivity contribution in [3.05, 3.63) is 40.6 Å². The van der Waals surface area contributed by atoms with Gasteiger partial charge in [0.25, 0.3) is 0 Å². The Morgan fingerprint density at radius 3 is 2.48 bits per heavy atom. The van der Waals surface area contributed by atoms with Gasteiger partial charge < -0.3 is 18.6 Å². The van der Waals surface area contributed by atoms with Crippen molar-refractivity contribution in [2.24, 2.45) is 0 Å². The summed E-state index contributed by atoms with van der Waals surface area (Å²) >= 11 is 0. The van der Waals surface area contributed by atoms with E-state index in [1.54, 1.807) is 18.2 Å². The van der Waals surface area contributed by atoms with Crippen LogP contribution in [-0.2, 0) is 4.79 Å². The first-order valence-corrected chi connectivity index (χ1v) is 6.85. The molecule has 118 valence electrons. The molecular formula is C17H14O6. The molecule has 3 aromatic rings. The van der Waals surface area contributed by atoms with E-state index < -0.39 is 5.97 Å². The minimum atomic E-state index is -0.480. The van der Waals surface area contributed by atoms with Crippen molar-refractivity contribution in [2.45, 2.75) is 6.92 Å². The fourth-order valence-corrected chi connectivity index (χ4v) is 2.46. The van der Waals surface area contributed by atoms with Crippen LogP contribution in [0.1, 0.15) is 6.92 Å². The van der Waals surface area contributed by atoms with Gasteiger partial charge in [-0.1, -0.05) is 6.07 Å². The van der Waals surface area contributed by atoms with E-state index in [1.165, 1.54) is 33.3 Å². The summed E-state index contributed by atoms with van der Waals surface area (Å²) in [4.78, 5) is 23.9. The number of carbonyl (C=O) groups is 1. The van der Waals surface area contributed by atoms with Gasteiger partial charge in [0.1, 0.15) is 22.5 Å². The molecule has 0 radical (unpaired) electrons. The largest absolute Gasteiger partial charge is 0.496 e. The van der Waals surface area contributed by atoms with Crippen LogP contribution < -0.4 is 19.6 Å². The Balaban J connectivity index is 2.43. The summed E-state index contributed by atoms with van der Waals surface area (Å²) in [6, 6.07) is 8.02. The van der Waals surface area contributed by atoms with Crippen LogP contribution in [0.4, 0.5) is 0 Å². The summed E-state index contributed by atoms with van der Waals surface area (Å²) in [6.07, 6.45) is 0. The van der Waals surface area contributed by atoms with E-state index >= 15 is 0 Å². The third-order valence-electron chi connectivity index (χ3n) is 3.40. The Kier molecular flexibility index (Phi) is 3.65. The number of hydrogen-bond donors (Lipinski definition) is 0. The number of methoxy groups -OCH3 is 2. The lowest BCUT2D eigenvalue weighted by atomic mass is 10.1. The monoisotopic (exact) mass is 314 g/mol. The molecular weight excluding hydrogens is 300 g/mol. The zero-order valence-electron chi connectivity index (χ0n) is 12.8. The number of carbonyl (C=O) groups excluding carboxylic acids is 1. The molecule has 0 unspecified atom stereocenters. The van der Waals surface area contributed by atoms with Gasteiger partial charge in [-0.2, -0.15) is 0 Å². The van der Waals surface area contributed by atoms with Gasteiger partial charge in [-0.05, 0) is 12.1 Å². The van der Waals surface area contributed by atoms with Crippen molar-refractivity contribution in [3.63, 3.8) is 0 Å². The average Bonchev–Trinajstić information content (AvgIpc) is 2.53. The SMILES string of the molecule is COc1cccc2c(=O)c3c(OC)cc(OC(C)=O)cc3oc12. The molecule has 0 saturated carbocycles. The predicted molar refractivity (Wildman–Crippen MR) is 84.4 cm³/mol. The molecule has 6 nitrogen and oxygen atoms in total. The van der Waals surface area contributed by atoms with Crippen molar-refractivity contribution in [1.29, 1.82) is 0 Å². The van der Waals surface area contributed by atoms with E-state index in [4.69, 9.17) is 18.6 Å². The Labute approximate surface area is 131 Å². The lowest BCUT2D eigenvalue weighted by molar-refractivity contribution is -0.131. The molecule has 0 aliphatic carbocycles. The maximum absolute atomic E-state index is 12.8. The van der Waals surface area contributed by atoms with Crippen molar-refractivity contribution < 1.29 is 23.4 Å². The van der Waals surface area contributed by atoms with E-state index in [2.05, 4.69) is 0 Å². The first-order chi connectivity index (χ1) is 11.0. The normalized spacial score (nSPS) is 10.7. The van der Waals surface area contributed by atoms with Gasteiger partial charge >= 0.3 is 5.97 Å². The predicted octanol–water partition coefficient (Wildman–Crippen LogP) is 2.89. The minimum Gasteiger partial charge on any atom is -0.496 e. The second-order valence-corrected chi connectivity index (χ2v) is 4.86. The van der Waals surface area contributed by atoms with Gasteiger partial charge in [0, 0.05) is 19.1 Å². The highest BCUT2D eigenvalue weighted by molar-refractivity contribution is 5.96. The molecule has 0 atom stereocenters. The van der Waals surface area contributed by atoms with Crippen LogP contribution in [0.5, 0.6) is 17.2 Å². The van der Waals surface area contributed by atoms with Crippen LogP contribution >= 0.6 is 0 Å². The van der Waals surface area contributed by atoms with Crippen molar-refractivity contribution in [2.75, 3.05) is 14.2 Å². The van der Waals surface area contributed by atoms with E-state index in [0.717, 1.165) is 0 Å². The Morgan fingerprint density at radius 2 is 1.83 bits per heavy atom. The maximum atomic E-state index is 12.8. The summed E-state index contributed by atoms with van der Waals surface area (Å²) < 4.78 is 21.4. The molecule has 0 amide bonds. The molecule has 0 bridgehead atoms. The minimum absolute atomic E-state index is 0.235. The van der Waals surface area contributed by atoms with Gasteiger partial charge in [0.15, 0.2) is 11.3 Å². The van der Waals surface area contributed by atoms with Crippen LogP contribution in [0.3, 0.4) is 0 Å². The van der Waals surface area contributed by atoms with Gasteiger partial charge in [0.2, 0.25) is 5.43 Å². The zero-order valence-corrected chi connectivity index (χ0v) is 12.8. The number of hydrogen-bond acceptors (Lipinski definition) is 6. The lowest BCUT2D eigenvalue weighted by Gasteiger charge is -2.10. The molecule has 23 heavy (non-hydrogen) atoms. The van der Waals surface area contributed by atoms with E-state index in [9.17, 15) is 9.59 Å². The van der Waals surface area contributed by atoms with Crippen molar-refractivity contribution in [3.8, 4) is 17.2 Å². The highest BCUT2D eigenvalue weighted by Gasteiger charge is 2.17. The molecule has 0 spiro atoms. The molecule has 1 aromatic heterocycles. The number of para-hydroxylation sites is 1. The summed E-state index contributed by atoms with van der Waals surface area (Å²) in [7, 11) is 2.93. The molecule has 0 aliphatic heterocycles. The standard InChI is InChI=1S/C17H14O6/c1-9(18)22-10-7-13(21-3)15-14(8-10)23-17-11(16(15)19)5-4-6-12(17)20-2/h4-8H,1-3H3. The highest BCUT2D eigenvalue weighted by atomic mass is 16.5. The van der Waals surface area contributed by atoms with Crippen LogP contribution in [0.25, 0.3) is 21.9 Å². The fraction of sp³-hybridized carbons (Fsp3) is 0.176. The van der Waals surface area contributed by atoms with Crippen LogP contribution in [-0.4, -0.2) is 20.2 Å². The molecule has 0 fully saturated rings. The first-order valence-electron chi connectivity index (χ1n) is 6.85. The number of benzene rings is 2. The molecule has 2 aromatic carbocycles. The van der Waals surface area contributed by atoms with E-state index in [1.807, 2.05) is 0 Å². The summed E-state index contributed by atoms with van der Waals surface area (Å²) in [5.74, 6) is 0.474. The topological polar surface area (TPSA) is 75.0 Å². The molecule has 1 heterocycles. The summed E-state index contributed by atoms with van der Waals surface area (Å²) in [6.45, 7) is 1.29. The number of ether oxygens (including phenoxy) is 3. The average molecular weight is 314 g/mol. The fourth-order valence-electron chi connectivity index (χ4n) is 2.46. The first kappa shape index (κ1) is 14.9. The molecule has 6 heteroatoms. The van der Waals surface area contributed by atoms with Crippen LogP contribution in [0, 0.1) is 0 Å². The summed E-state index contributed by atoms with van der Waals surface area (Å²) in [5, 5.41) is 0.666. The number of rotatable bonds is 3. The van der Waals surface area contributed by atoms with Crippen molar-refractivity contribution >= 4 is 27.9 Å². The van der Waals surface area contributed by atoms with Gasteiger partial charge in [0.05, 0.1) is 19.6 Å². The molecule has 0 saturated heterocycles. The number of esters is 1. The second-order valence-electron chi connectivity index (χ2n) is 4.86. The Morgan fingerprint density at radius 1 is 1.09 bits per heavy atom. The lowest BCUT2D eigenvalue weighted by Crippen LogP contribution is -2.06. The third-order valence-corrected chi connectivity index (χ3v) is 3.40. The van der Waals surface area contributed by atoms with Gasteiger partial charge in [-0.15, -0.1) is 0 Å². The highest BCUT2D eigenvalue weighted by Crippen LogP contribution is 2.33. The summed E-state index contributed by atoms with van der Waals surface area (Å²) in [5.41, 5.74) is 0.337. The van der Waals surface area contributed by atoms with Gasteiger partial charge in [-0.3, -0.25) is 9.59 Å². The Bertz CT molecular complexity index is 970. The van der Waals surface area contributed by atoms with E-state index in [0.29, 0.717) is 16.7 Å². The molecule has 0 N–H and O–H groups in total. The van der Waals surface area contributed by atoms with E-state index in [-0.39, 0.29) is 27.9 Å². The molecule has 3 rings (SSSR count). The quantitative estimate of drug-likeness (QED) is 0.420. The zero-order chi connectivity index (χ0) is 16.6.